The zero-order valence-corrected chi connectivity index (χ0v) is 17.0. The van der Waals surface area contributed by atoms with Gasteiger partial charge >= 0.3 is 5.69 Å². The first-order valence-electron chi connectivity index (χ1n) is 9.60. The summed E-state index contributed by atoms with van der Waals surface area (Å²) in [7, 11) is 3.37. The van der Waals surface area contributed by atoms with Crippen LogP contribution in [0.5, 0.6) is 0 Å². The van der Waals surface area contributed by atoms with Gasteiger partial charge in [0.2, 0.25) is 11.8 Å². The van der Waals surface area contributed by atoms with Crippen LogP contribution in [0.15, 0.2) is 53.3 Å². The van der Waals surface area contributed by atoms with Crippen LogP contribution in [0.3, 0.4) is 0 Å². The van der Waals surface area contributed by atoms with E-state index in [1.165, 1.54) is 9.47 Å². The van der Waals surface area contributed by atoms with Gasteiger partial charge in [0.05, 0.1) is 23.5 Å². The van der Waals surface area contributed by atoms with Gasteiger partial charge in [0.15, 0.2) is 0 Å². The monoisotopic (exact) mass is 405 g/mol. The Bertz CT molecular complexity index is 1170. The van der Waals surface area contributed by atoms with Crippen molar-refractivity contribution in [2.45, 2.75) is 19.3 Å². The molecule has 0 bridgehead atoms. The van der Waals surface area contributed by atoms with Crippen LogP contribution in [0.2, 0.25) is 0 Å². The number of aromatic nitrogens is 2. The van der Waals surface area contributed by atoms with Crippen LogP contribution in [-0.4, -0.2) is 27.5 Å². The van der Waals surface area contributed by atoms with Crippen LogP contribution >= 0.6 is 0 Å². The second-order valence-electron chi connectivity index (χ2n) is 6.94. The molecule has 0 fully saturated rings. The number of fused-ring (bicyclic) bond motifs is 1. The highest BCUT2D eigenvalue weighted by Gasteiger charge is 2.17. The topological polar surface area (TPSA) is 100 Å². The first-order valence-corrected chi connectivity index (χ1v) is 9.60. The van der Waals surface area contributed by atoms with Gasteiger partial charge in [-0.05, 0) is 30.3 Å². The number of nitrogens with zero attached hydrogens (tertiary/aromatic N) is 4. The zero-order chi connectivity index (χ0) is 21.7. The van der Waals surface area contributed by atoms with E-state index < -0.39 is 0 Å². The second kappa shape index (κ2) is 9.09. The van der Waals surface area contributed by atoms with Crippen LogP contribution in [-0.2, 0) is 23.7 Å². The number of benzene rings is 2. The van der Waals surface area contributed by atoms with Crippen LogP contribution in [0.1, 0.15) is 19.3 Å². The molecule has 1 aromatic heterocycles. The summed E-state index contributed by atoms with van der Waals surface area (Å²) in [6.07, 6.45) is 0.251. The Morgan fingerprint density at radius 3 is 2.43 bits per heavy atom. The normalized spacial score (nSPS) is 10.6. The third kappa shape index (κ3) is 4.41. The lowest BCUT2D eigenvalue weighted by Gasteiger charge is -2.21. The molecule has 0 aliphatic rings. The molecule has 0 unspecified atom stereocenters. The van der Waals surface area contributed by atoms with Gasteiger partial charge in [-0.1, -0.05) is 18.2 Å². The highest BCUT2D eigenvalue weighted by atomic mass is 16.2. The molecule has 3 rings (SSSR count). The largest absolute Gasteiger partial charge is 0.328 e. The minimum absolute atomic E-state index is 0.0144. The van der Waals surface area contributed by atoms with Gasteiger partial charge in [-0.3, -0.25) is 18.7 Å². The number of hydrogen-bond donors (Lipinski definition) is 1. The zero-order valence-electron chi connectivity index (χ0n) is 17.0. The Morgan fingerprint density at radius 1 is 1.03 bits per heavy atom. The Hall–Kier alpha value is -3.86. The minimum Gasteiger partial charge on any atom is -0.326 e. The van der Waals surface area contributed by atoms with E-state index in [4.69, 9.17) is 5.26 Å². The molecule has 154 valence electrons. The summed E-state index contributed by atoms with van der Waals surface area (Å²) in [5, 5.41) is 11.6. The Kier molecular flexibility index (Phi) is 6.32. The van der Waals surface area contributed by atoms with Crippen molar-refractivity contribution in [3.63, 3.8) is 0 Å². The Morgan fingerprint density at radius 2 is 1.73 bits per heavy atom. The molecule has 0 aliphatic heterocycles. The standard InChI is InChI=1S/C22H23N5O3/c1-25-18-10-9-16(15-19(18)26(2)22(25)30)24-20(28)11-12-21(29)27(14-6-13-23)17-7-4-3-5-8-17/h3-5,7-10,15H,6,11-12,14H2,1-2H3,(H,24,28). The van der Waals surface area contributed by atoms with Crippen molar-refractivity contribution >= 4 is 34.2 Å². The number of para-hydroxylation sites is 1. The number of imidazole rings is 1. The predicted octanol–water partition coefficient (Wildman–Crippen LogP) is 2.54. The van der Waals surface area contributed by atoms with Gasteiger partial charge in [-0.25, -0.2) is 4.79 Å². The van der Waals surface area contributed by atoms with E-state index in [1.807, 2.05) is 24.3 Å². The van der Waals surface area contributed by atoms with Crippen molar-refractivity contribution in [3.8, 4) is 6.07 Å². The minimum atomic E-state index is -0.295. The van der Waals surface area contributed by atoms with Crippen LogP contribution < -0.4 is 15.9 Å². The number of amides is 2. The van der Waals surface area contributed by atoms with E-state index in [9.17, 15) is 14.4 Å². The van der Waals surface area contributed by atoms with Gasteiger partial charge in [0, 0.05) is 44.9 Å². The van der Waals surface area contributed by atoms with E-state index >= 15 is 0 Å². The predicted molar refractivity (Wildman–Crippen MR) is 115 cm³/mol. The van der Waals surface area contributed by atoms with Crippen molar-refractivity contribution in [1.29, 1.82) is 5.26 Å². The molecule has 0 atom stereocenters. The number of anilines is 2. The third-order valence-corrected chi connectivity index (χ3v) is 4.94. The molecule has 2 aromatic carbocycles. The average Bonchev–Trinajstić information content (AvgIpc) is 2.97. The molecule has 8 nitrogen and oxygen atoms in total. The number of aryl methyl sites for hydroxylation is 2. The molecule has 8 heteroatoms. The first-order chi connectivity index (χ1) is 14.4. The summed E-state index contributed by atoms with van der Waals surface area (Å²) in [5.41, 5.74) is 2.60. The summed E-state index contributed by atoms with van der Waals surface area (Å²) in [4.78, 5) is 38.6. The highest BCUT2D eigenvalue weighted by molar-refractivity contribution is 5.98. The van der Waals surface area contributed by atoms with Crippen molar-refractivity contribution in [3.05, 3.63) is 59.0 Å². The fourth-order valence-electron chi connectivity index (χ4n) is 3.33. The molecule has 0 saturated carbocycles. The van der Waals surface area contributed by atoms with E-state index in [0.717, 1.165) is 5.52 Å². The van der Waals surface area contributed by atoms with E-state index in [1.54, 1.807) is 49.0 Å². The molecule has 0 aliphatic carbocycles. The van der Waals surface area contributed by atoms with Gasteiger partial charge < -0.3 is 10.2 Å². The maximum absolute atomic E-state index is 12.7. The molecule has 30 heavy (non-hydrogen) atoms. The molecular weight excluding hydrogens is 382 g/mol. The van der Waals surface area contributed by atoms with E-state index in [-0.39, 0.29) is 43.3 Å². The summed E-state index contributed by atoms with van der Waals surface area (Å²) in [6.45, 7) is 0.277. The van der Waals surface area contributed by atoms with Crippen molar-refractivity contribution in [2.24, 2.45) is 14.1 Å². The quantitative estimate of drug-likeness (QED) is 0.653. The van der Waals surface area contributed by atoms with Crippen LogP contribution in [0.4, 0.5) is 11.4 Å². The number of rotatable bonds is 7. The molecule has 1 heterocycles. The molecule has 0 spiro atoms. The van der Waals surface area contributed by atoms with E-state index in [0.29, 0.717) is 16.9 Å². The summed E-state index contributed by atoms with van der Waals surface area (Å²) in [6, 6.07) is 16.4. The Labute approximate surface area is 173 Å². The SMILES string of the molecule is Cn1c(=O)n(C)c2cc(NC(=O)CCC(=O)N(CCC#N)c3ccccc3)ccc21. The number of nitriles is 1. The first kappa shape index (κ1) is 20.9. The number of hydrogen-bond acceptors (Lipinski definition) is 4. The number of carbonyl (C=O) groups is 2. The van der Waals surface area contributed by atoms with Crippen molar-refractivity contribution in [2.75, 3.05) is 16.8 Å². The van der Waals surface area contributed by atoms with Crippen molar-refractivity contribution in [1.82, 2.24) is 9.13 Å². The lowest BCUT2D eigenvalue weighted by Crippen LogP contribution is -2.32. The van der Waals surface area contributed by atoms with Gasteiger partial charge in [0.1, 0.15) is 0 Å². The summed E-state index contributed by atoms with van der Waals surface area (Å²) >= 11 is 0. The van der Waals surface area contributed by atoms with Gasteiger partial charge in [0.25, 0.3) is 0 Å². The molecule has 0 radical (unpaired) electrons. The maximum Gasteiger partial charge on any atom is 0.328 e. The summed E-state index contributed by atoms with van der Waals surface area (Å²) < 4.78 is 3.06. The lowest BCUT2D eigenvalue weighted by atomic mass is 10.2. The molecule has 2 amide bonds. The molecular formula is C22H23N5O3. The second-order valence-corrected chi connectivity index (χ2v) is 6.94. The molecule has 0 saturated heterocycles. The fourth-order valence-corrected chi connectivity index (χ4v) is 3.33. The molecule has 1 N–H and O–H groups in total. The highest BCUT2D eigenvalue weighted by Crippen LogP contribution is 2.19. The smallest absolute Gasteiger partial charge is 0.326 e. The van der Waals surface area contributed by atoms with E-state index in [2.05, 4.69) is 5.32 Å². The fraction of sp³-hybridized carbons (Fsp3) is 0.273. The number of carbonyl (C=O) groups excluding carboxylic acids is 2. The third-order valence-electron chi connectivity index (χ3n) is 4.94. The number of nitrogens with one attached hydrogen (secondary N) is 1. The van der Waals surface area contributed by atoms with Crippen molar-refractivity contribution < 1.29 is 9.59 Å². The lowest BCUT2D eigenvalue weighted by molar-refractivity contribution is -0.122. The van der Waals surface area contributed by atoms with Crippen LogP contribution in [0.25, 0.3) is 11.0 Å². The Balaban J connectivity index is 1.65. The maximum atomic E-state index is 12.7. The summed E-state index contributed by atoms with van der Waals surface area (Å²) in [5.74, 6) is -0.510. The van der Waals surface area contributed by atoms with Gasteiger partial charge in [-0.2, -0.15) is 5.26 Å². The average molecular weight is 405 g/mol. The van der Waals surface area contributed by atoms with Gasteiger partial charge in [-0.15, -0.1) is 0 Å². The van der Waals surface area contributed by atoms with Crippen LogP contribution in [0, 0.1) is 11.3 Å². The molecule has 3 aromatic rings.